The first-order valence-electron chi connectivity index (χ1n) is 16.0. The predicted molar refractivity (Wildman–Crippen MR) is 186 cm³/mol. The molecule has 0 radical (unpaired) electrons. The van der Waals surface area contributed by atoms with Crippen molar-refractivity contribution in [1.29, 1.82) is 0 Å². The maximum atomic E-state index is 14.4. The summed E-state index contributed by atoms with van der Waals surface area (Å²) in [6.07, 6.45) is -3.69. The van der Waals surface area contributed by atoms with Crippen molar-refractivity contribution >= 4 is 52.3 Å². The highest BCUT2D eigenvalue weighted by Gasteiger charge is 2.48. The molecule has 3 saturated heterocycles. The van der Waals surface area contributed by atoms with E-state index in [1.54, 1.807) is 21.6 Å². The maximum Gasteiger partial charge on any atom is 0.416 e. The number of benzene rings is 3. The summed E-state index contributed by atoms with van der Waals surface area (Å²) in [5.74, 6) is 0.670. The van der Waals surface area contributed by atoms with Crippen LogP contribution >= 0.6 is 24.0 Å². The Labute approximate surface area is 288 Å². The molecule has 0 aliphatic carbocycles. The lowest BCUT2D eigenvalue weighted by atomic mass is 9.87. The number of carbonyl (C=O) groups excluding carboxylic acids is 2. The molecule has 0 spiro atoms. The van der Waals surface area contributed by atoms with E-state index in [9.17, 15) is 22.8 Å². The number of rotatable bonds is 9. The normalized spacial score (nSPS) is 19.5. The van der Waals surface area contributed by atoms with Gasteiger partial charge >= 0.3 is 6.18 Å². The minimum atomic E-state index is -4.49. The van der Waals surface area contributed by atoms with Crippen LogP contribution in [0.15, 0.2) is 78.9 Å². The van der Waals surface area contributed by atoms with Gasteiger partial charge in [-0.2, -0.15) is 24.9 Å². The number of amides is 2. The van der Waals surface area contributed by atoms with Gasteiger partial charge in [0.2, 0.25) is 11.8 Å². The molecule has 3 aromatic rings. The smallest absolute Gasteiger partial charge is 0.378 e. The van der Waals surface area contributed by atoms with Crippen LogP contribution in [0, 0.1) is 0 Å². The fraction of sp³-hybridized carbons (Fsp3) is 0.400. The Kier molecular flexibility index (Phi) is 10.5. The number of hydrogen-bond donors (Lipinski definition) is 2. The number of morpholine rings is 1. The summed E-state index contributed by atoms with van der Waals surface area (Å²) in [6.45, 7) is 3.26. The molecule has 0 saturated carbocycles. The first kappa shape index (κ1) is 34.1. The second kappa shape index (κ2) is 14.8. The van der Waals surface area contributed by atoms with Crippen LogP contribution in [0.2, 0.25) is 0 Å². The van der Waals surface area contributed by atoms with Crippen molar-refractivity contribution in [2.75, 3.05) is 61.1 Å². The number of nitrogens with zero attached hydrogens (tertiary/aromatic N) is 3. The third-order valence-corrected chi connectivity index (χ3v) is 10.6. The third kappa shape index (κ3) is 7.74. The molecule has 3 aliphatic rings. The third-order valence-electron chi connectivity index (χ3n) is 9.20. The van der Waals surface area contributed by atoms with Gasteiger partial charge in [-0.05, 0) is 84.1 Å². The van der Waals surface area contributed by atoms with E-state index in [1.807, 2.05) is 54.6 Å². The highest BCUT2D eigenvalue weighted by Crippen LogP contribution is 2.37. The molecule has 6 rings (SSSR count). The second-order valence-electron chi connectivity index (χ2n) is 12.2. The predicted octanol–water partition coefficient (Wildman–Crippen LogP) is 5.71. The van der Waals surface area contributed by atoms with Crippen LogP contribution in [-0.4, -0.2) is 83.2 Å². The van der Waals surface area contributed by atoms with Gasteiger partial charge in [0.25, 0.3) is 0 Å². The van der Waals surface area contributed by atoms with Gasteiger partial charge in [0, 0.05) is 37.6 Å². The lowest BCUT2D eigenvalue weighted by Gasteiger charge is -2.45. The van der Waals surface area contributed by atoms with Crippen LogP contribution in [0.1, 0.15) is 35.6 Å². The van der Waals surface area contributed by atoms with Gasteiger partial charge < -0.3 is 30.1 Å². The number of carbonyl (C=O) groups is 2. The number of alkyl halides is 3. The maximum absolute atomic E-state index is 14.4. The summed E-state index contributed by atoms with van der Waals surface area (Å²) in [4.78, 5) is 34.4. The summed E-state index contributed by atoms with van der Waals surface area (Å²) in [7, 11) is 0. The van der Waals surface area contributed by atoms with Crippen LogP contribution in [0.3, 0.4) is 0 Å². The fourth-order valence-electron chi connectivity index (χ4n) is 6.46. The molecular formula is C35H38F3N5O3S2. The Bertz CT molecular complexity index is 1580. The van der Waals surface area contributed by atoms with Crippen LogP contribution in [0.25, 0.3) is 0 Å². The van der Waals surface area contributed by atoms with Crippen LogP contribution in [0.4, 0.5) is 24.5 Å². The van der Waals surface area contributed by atoms with E-state index >= 15 is 0 Å². The zero-order valence-electron chi connectivity index (χ0n) is 26.4. The molecule has 2 amide bonds. The number of anilines is 2. The molecule has 8 nitrogen and oxygen atoms in total. The van der Waals surface area contributed by atoms with Crippen LogP contribution in [-0.2, 0) is 27.0 Å². The molecule has 0 bridgehead atoms. The van der Waals surface area contributed by atoms with Gasteiger partial charge in [0.1, 0.15) is 5.54 Å². The molecule has 3 fully saturated rings. The quantitative estimate of drug-likeness (QED) is 0.276. The Balaban J connectivity index is 1.27. The van der Waals surface area contributed by atoms with Crippen LogP contribution in [0.5, 0.6) is 0 Å². The summed E-state index contributed by atoms with van der Waals surface area (Å²) >= 11 is 7.34. The Morgan fingerprint density at radius 3 is 2.29 bits per heavy atom. The second-order valence-corrected chi connectivity index (χ2v) is 13.8. The SMILES string of the molecule is O=C(CN1CC(c2ccccc2)NC1=S)N(Cc1ccc(C(F)(F)F)cc1)C1(C(=O)Nc2ccc(N3CCOCC3)cc2)CCSCC1. The van der Waals surface area contributed by atoms with Crippen molar-refractivity contribution < 1.29 is 27.5 Å². The zero-order valence-corrected chi connectivity index (χ0v) is 28.0. The molecule has 1 unspecified atom stereocenters. The number of ether oxygens (including phenoxy) is 1. The molecule has 254 valence electrons. The van der Waals surface area contributed by atoms with Crippen molar-refractivity contribution in [3.05, 3.63) is 95.6 Å². The average Bonchev–Trinajstić information content (AvgIpc) is 3.47. The summed E-state index contributed by atoms with van der Waals surface area (Å²) in [5.41, 5.74) is 1.18. The van der Waals surface area contributed by atoms with E-state index in [1.165, 1.54) is 12.1 Å². The van der Waals surface area contributed by atoms with Gasteiger partial charge in [-0.1, -0.05) is 42.5 Å². The fourth-order valence-corrected chi connectivity index (χ4v) is 7.91. The number of nitrogens with one attached hydrogen (secondary N) is 2. The summed E-state index contributed by atoms with van der Waals surface area (Å²) in [5, 5.41) is 6.81. The van der Waals surface area contributed by atoms with E-state index in [0.717, 1.165) is 36.5 Å². The van der Waals surface area contributed by atoms with Crippen molar-refractivity contribution in [2.45, 2.75) is 37.1 Å². The van der Waals surface area contributed by atoms with Crippen molar-refractivity contribution in [3.63, 3.8) is 0 Å². The molecular weight excluding hydrogens is 660 g/mol. The lowest BCUT2D eigenvalue weighted by Crippen LogP contribution is -2.61. The molecule has 3 heterocycles. The highest BCUT2D eigenvalue weighted by molar-refractivity contribution is 7.99. The van der Waals surface area contributed by atoms with Gasteiger partial charge in [-0.25, -0.2) is 0 Å². The van der Waals surface area contributed by atoms with Crippen molar-refractivity contribution in [2.24, 2.45) is 0 Å². The Morgan fingerprint density at radius 2 is 1.65 bits per heavy atom. The van der Waals surface area contributed by atoms with Gasteiger partial charge in [-0.3, -0.25) is 9.59 Å². The molecule has 3 aromatic carbocycles. The number of halogens is 3. The first-order valence-corrected chi connectivity index (χ1v) is 17.6. The van der Waals surface area contributed by atoms with E-state index in [2.05, 4.69) is 15.5 Å². The van der Waals surface area contributed by atoms with Crippen molar-refractivity contribution in [1.82, 2.24) is 15.1 Å². The topological polar surface area (TPSA) is 77.2 Å². The number of thioether (sulfide) groups is 1. The van der Waals surface area contributed by atoms with Gasteiger partial charge in [0.05, 0.1) is 31.4 Å². The summed E-state index contributed by atoms with van der Waals surface area (Å²) < 4.78 is 45.6. The summed E-state index contributed by atoms with van der Waals surface area (Å²) in [6, 6.07) is 22.1. The highest BCUT2D eigenvalue weighted by atomic mass is 32.2. The molecule has 48 heavy (non-hydrogen) atoms. The average molecular weight is 698 g/mol. The van der Waals surface area contributed by atoms with E-state index in [0.29, 0.717) is 60.5 Å². The lowest BCUT2D eigenvalue weighted by molar-refractivity contribution is -0.147. The molecule has 13 heteroatoms. The van der Waals surface area contributed by atoms with Crippen molar-refractivity contribution in [3.8, 4) is 0 Å². The standard InChI is InChI=1S/C35H38F3N5O3S2/c36-35(37,38)27-8-6-25(7-9-27)22-43(31(44)24-42-23-30(40-33(42)47)26-4-2-1-3-5-26)34(14-20-48-21-15-34)32(45)39-28-10-12-29(13-11-28)41-16-18-46-19-17-41/h1-13,30H,14-24H2,(H,39,45)(H,40,47). The monoisotopic (exact) mass is 697 g/mol. The minimum absolute atomic E-state index is 0.0266. The number of hydrogen-bond acceptors (Lipinski definition) is 6. The van der Waals surface area contributed by atoms with E-state index in [-0.39, 0.29) is 30.9 Å². The van der Waals surface area contributed by atoms with Crippen LogP contribution < -0.4 is 15.5 Å². The van der Waals surface area contributed by atoms with E-state index < -0.39 is 17.3 Å². The molecule has 1 atom stereocenters. The van der Waals surface area contributed by atoms with Gasteiger partial charge in [-0.15, -0.1) is 0 Å². The minimum Gasteiger partial charge on any atom is -0.378 e. The Morgan fingerprint density at radius 1 is 0.979 bits per heavy atom. The Hall–Kier alpha value is -3.81. The zero-order chi connectivity index (χ0) is 33.7. The number of thiocarbonyl (C=S) groups is 1. The van der Waals surface area contributed by atoms with Gasteiger partial charge in [0.15, 0.2) is 5.11 Å². The first-order chi connectivity index (χ1) is 23.1. The molecule has 3 aliphatic heterocycles. The molecule has 2 N–H and O–H groups in total. The largest absolute Gasteiger partial charge is 0.416 e. The van der Waals surface area contributed by atoms with E-state index in [4.69, 9.17) is 17.0 Å². The molecule has 0 aromatic heterocycles.